The molecule has 32 heavy (non-hydrogen) atoms. The third-order valence-electron chi connectivity index (χ3n) is 3.96. The highest BCUT2D eigenvalue weighted by molar-refractivity contribution is 5.76. The van der Waals surface area contributed by atoms with Gasteiger partial charge in [-0.05, 0) is 30.2 Å². The van der Waals surface area contributed by atoms with Gasteiger partial charge in [0.05, 0.1) is 7.11 Å². The lowest BCUT2D eigenvalue weighted by atomic mass is 10.1. The van der Waals surface area contributed by atoms with E-state index in [1.807, 2.05) is 0 Å². The molecule has 12 heteroatoms. The van der Waals surface area contributed by atoms with Gasteiger partial charge >= 0.3 is 12.4 Å². The zero-order chi connectivity index (χ0) is 23.8. The molecule has 0 aliphatic rings. The van der Waals surface area contributed by atoms with E-state index in [0.717, 1.165) is 0 Å². The number of benzene rings is 1. The summed E-state index contributed by atoms with van der Waals surface area (Å²) in [5.41, 5.74) is 0.893. The number of carbonyl (C=O) groups is 1. The zero-order valence-corrected chi connectivity index (χ0v) is 16.8. The number of aromatic nitrogens is 1. The van der Waals surface area contributed by atoms with Gasteiger partial charge in [-0.25, -0.2) is 4.98 Å². The van der Waals surface area contributed by atoms with E-state index in [2.05, 4.69) is 15.0 Å². The minimum absolute atomic E-state index is 0.0188. The van der Waals surface area contributed by atoms with Crippen LogP contribution in [-0.2, 0) is 17.8 Å². The average Bonchev–Trinajstić information content (AvgIpc) is 2.73. The summed E-state index contributed by atoms with van der Waals surface area (Å²) in [6.45, 7) is -3.06. The molecule has 1 N–H and O–H groups in total. The number of aryl methyl sites for hydroxylation is 1. The highest BCUT2D eigenvalue weighted by atomic mass is 19.4. The highest BCUT2D eigenvalue weighted by Gasteiger charge is 2.29. The zero-order valence-electron chi connectivity index (χ0n) is 16.8. The largest absolute Gasteiger partial charge is 0.493 e. The molecule has 0 saturated carbocycles. The van der Waals surface area contributed by atoms with Crippen molar-refractivity contribution in [1.82, 2.24) is 10.3 Å². The van der Waals surface area contributed by atoms with Crippen LogP contribution in [0.5, 0.6) is 17.4 Å². The predicted molar refractivity (Wildman–Crippen MR) is 100 cm³/mol. The van der Waals surface area contributed by atoms with Crippen LogP contribution >= 0.6 is 0 Å². The van der Waals surface area contributed by atoms with E-state index in [1.165, 1.54) is 43.6 Å². The van der Waals surface area contributed by atoms with Gasteiger partial charge in [0, 0.05) is 24.7 Å². The summed E-state index contributed by atoms with van der Waals surface area (Å²) in [5.74, 6) is -0.619. The molecule has 0 saturated heterocycles. The molecule has 0 radical (unpaired) electrons. The molecule has 0 atom stereocenters. The molecule has 0 aliphatic carbocycles. The lowest BCUT2D eigenvalue weighted by Crippen LogP contribution is -2.24. The van der Waals surface area contributed by atoms with Crippen LogP contribution in [0.3, 0.4) is 0 Å². The van der Waals surface area contributed by atoms with Crippen LogP contribution in [-0.4, -0.2) is 43.6 Å². The maximum atomic E-state index is 12.3. The van der Waals surface area contributed by atoms with Crippen molar-refractivity contribution >= 4 is 5.91 Å². The number of nitrogens with zero attached hydrogens (tertiary/aromatic N) is 1. The molecule has 176 valence electrons. The quantitative estimate of drug-likeness (QED) is 0.531. The fourth-order valence-electron chi connectivity index (χ4n) is 2.53. The van der Waals surface area contributed by atoms with Crippen molar-refractivity contribution in [3.63, 3.8) is 0 Å². The van der Waals surface area contributed by atoms with Crippen molar-refractivity contribution < 1.29 is 45.3 Å². The molecule has 0 aliphatic heterocycles. The van der Waals surface area contributed by atoms with Crippen LogP contribution in [0.1, 0.15) is 17.5 Å². The van der Waals surface area contributed by atoms with Crippen LogP contribution in [0, 0.1) is 0 Å². The molecular formula is C20H20F6N2O4. The Balaban J connectivity index is 1.88. The second-order valence-corrected chi connectivity index (χ2v) is 6.54. The summed E-state index contributed by atoms with van der Waals surface area (Å²) in [7, 11) is 1.28. The summed E-state index contributed by atoms with van der Waals surface area (Å²) in [6, 6.07) is 7.26. The van der Waals surface area contributed by atoms with E-state index in [0.29, 0.717) is 5.56 Å². The van der Waals surface area contributed by atoms with Crippen molar-refractivity contribution in [1.29, 1.82) is 0 Å². The Kier molecular flexibility index (Phi) is 8.56. The lowest BCUT2D eigenvalue weighted by molar-refractivity contribution is -0.154. The number of rotatable bonds is 10. The van der Waals surface area contributed by atoms with Crippen LogP contribution in [0.15, 0.2) is 36.5 Å². The number of ether oxygens (including phenoxy) is 3. The van der Waals surface area contributed by atoms with Crippen molar-refractivity contribution in [3.05, 3.63) is 47.7 Å². The molecule has 2 aromatic rings. The molecule has 1 aromatic heterocycles. The second kappa shape index (κ2) is 10.9. The highest BCUT2D eigenvalue weighted by Crippen LogP contribution is 2.30. The standard InChI is InChI=1S/C20H20F6N2O4/c1-30-16-9-13(4-6-15(16)31-11-19(21,22)23)5-7-17(29)28-10-14-3-2-8-27-18(14)32-12-20(24,25)26/h2-4,6,8-9H,5,7,10-12H2,1H3,(H,28,29). The molecule has 0 spiro atoms. The van der Waals surface area contributed by atoms with Crippen molar-refractivity contribution in [2.45, 2.75) is 31.7 Å². The van der Waals surface area contributed by atoms with E-state index >= 15 is 0 Å². The van der Waals surface area contributed by atoms with Gasteiger partial charge in [-0.3, -0.25) is 4.79 Å². The normalized spacial score (nSPS) is 11.7. The predicted octanol–water partition coefficient (Wildman–Crippen LogP) is 4.22. The lowest BCUT2D eigenvalue weighted by Gasteiger charge is -2.14. The minimum atomic E-state index is -4.52. The third-order valence-corrected chi connectivity index (χ3v) is 3.96. The molecular weight excluding hydrogens is 446 g/mol. The number of nitrogens with one attached hydrogen (secondary N) is 1. The molecule has 6 nitrogen and oxygen atoms in total. The number of amides is 1. The third kappa shape index (κ3) is 8.90. The topological polar surface area (TPSA) is 69.7 Å². The maximum Gasteiger partial charge on any atom is 0.422 e. The summed E-state index contributed by atoms with van der Waals surface area (Å²) < 4.78 is 88.3. The van der Waals surface area contributed by atoms with Crippen LogP contribution in [0.4, 0.5) is 26.3 Å². The fraction of sp³-hybridized carbons (Fsp3) is 0.400. The number of hydrogen-bond acceptors (Lipinski definition) is 5. The Bertz CT molecular complexity index is 902. The molecule has 1 heterocycles. The van der Waals surface area contributed by atoms with Gasteiger partial charge in [0.1, 0.15) is 0 Å². The number of halogens is 6. The Hall–Kier alpha value is -3.18. The maximum absolute atomic E-state index is 12.3. The Morgan fingerprint density at radius 1 is 1.00 bits per heavy atom. The molecule has 0 unspecified atom stereocenters. The van der Waals surface area contributed by atoms with Gasteiger partial charge < -0.3 is 19.5 Å². The van der Waals surface area contributed by atoms with Crippen molar-refractivity contribution in [3.8, 4) is 17.4 Å². The van der Waals surface area contributed by atoms with Gasteiger partial charge in [0.15, 0.2) is 24.7 Å². The SMILES string of the molecule is COc1cc(CCC(=O)NCc2cccnc2OCC(F)(F)F)ccc1OCC(F)(F)F. The Labute approximate surface area is 179 Å². The van der Waals surface area contributed by atoms with Crippen LogP contribution in [0.2, 0.25) is 0 Å². The summed E-state index contributed by atoms with van der Waals surface area (Å²) in [5, 5.41) is 2.56. The van der Waals surface area contributed by atoms with Crippen LogP contribution < -0.4 is 19.5 Å². The Morgan fingerprint density at radius 3 is 2.34 bits per heavy atom. The molecule has 0 bridgehead atoms. The van der Waals surface area contributed by atoms with Crippen molar-refractivity contribution in [2.24, 2.45) is 0 Å². The number of hydrogen-bond donors (Lipinski definition) is 1. The fourth-order valence-corrected chi connectivity index (χ4v) is 2.53. The number of pyridine rings is 1. The van der Waals surface area contributed by atoms with E-state index < -0.39 is 31.5 Å². The summed E-state index contributed by atoms with van der Waals surface area (Å²) >= 11 is 0. The van der Waals surface area contributed by atoms with Gasteiger partial charge in [-0.2, -0.15) is 26.3 Å². The van der Waals surface area contributed by atoms with E-state index in [1.54, 1.807) is 0 Å². The first kappa shape index (κ1) is 25.1. The van der Waals surface area contributed by atoms with Gasteiger partial charge in [0.25, 0.3) is 0 Å². The number of methoxy groups -OCH3 is 1. The van der Waals surface area contributed by atoms with Gasteiger partial charge in [-0.1, -0.05) is 12.1 Å². The molecule has 1 aromatic carbocycles. The van der Waals surface area contributed by atoms with E-state index in [-0.39, 0.29) is 42.3 Å². The van der Waals surface area contributed by atoms with Crippen LogP contribution in [0.25, 0.3) is 0 Å². The molecule has 0 fully saturated rings. The second-order valence-electron chi connectivity index (χ2n) is 6.54. The first-order chi connectivity index (χ1) is 15.0. The summed E-state index contributed by atoms with van der Waals surface area (Å²) in [4.78, 5) is 15.9. The van der Waals surface area contributed by atoms with Gasteiger partial charge in [0.2, 0.25) is 11.8 Å². The Morgan fingerprint density at radius 2 is 1.69 bits per heavy atom. The number of carbonyl (C=O) groups excluding carboxylic acids is 1. The van der Waals surface area contributed by atoms with Crippen molar-refractivity contribution in [2.75, 3.05) is 20.3 Å². The average molecular weight is 466 g/mol. The van der Waals surface area contributed by atoms with Gasteiger partial charge in [-0.15, -0.1) is 0 Å². The van der Waals surface area contributed by atoms with E-state index in [4.69, 9.17) is 9.47 Å². The molecule has 1 amide bonds. The van der Waals surface area contributed by atoms with E-state index in [9.17, 15) is 31.1 Å². The number of alkyl halides is 6. The summed E-state index contributed by atoms with van der Waals surface area (Å²) in [6.07, 6.45) is -7.48. The minimum Gasteiger partial charge on any atom is -0.493 e. The first-order valence-electron chi connectivity index (χ1n) is 9.23. The molecule has 2 rings (SSSR count). The first-order valence-corrected chi connectivity index (χ1v) is 9.23. The monoisotopic (exact) mass is 466 g/mol. The smallest absolute Gasteiger partial charge is 0.422 e.